The molecule has 4 aromatic rings. The second kappa shape index (κ2) is 4.18. The molecule has 0 aliphatic carbocycles. The largest absolute Gasteiger partial charge is 0.326 e. The molecule has 1 aromatic carbocycles. The summed E-state index contributed by atoms with van der Waals surface area (Å²) in [7, 11) is 2.02. The number of nitrogens with zero attached hydrogens (tertiary/aromatic N) is 4. The first-order valence-corrected chi connectivity index (χ1v) is 7.08. The topological polar surface area (TPSA) is 35.1 Å². The lowest BCUT2D eigenvalue weighted by molar-refractivity contribution is 0.953. The van der Waals surface area contributed by atoms with E-state index < -0.39 is 0 Å². The Kier molecular flexibility index (Phi) is 2.44. The van der Waals surface area contributed by atoms with E-state index in [1.54, 1.807) is 0 Å². The van der Waals surface area contributed by atoms with Crippen LogP contribution in [0.3, 0.4) is 0 Å². The van der Waals surface area contributed by atoms with Crippen molar-refractivity contribution < 1.29 is 0 Å². The van der Waals surface area contributed by atoms with Crippen molar-refractivity contribution in [2.75, 3.05) is 0 Å². The molecular formula is C15H11BrN4. The van der Waals surface area contributed by atoms with Crippen molar-refractivity contribution in [2.45, 2.75) is 0 Å². The second-order valence-electron chi connectivity index (χ2n) is 4.72. The molecule has 0 spiro atoms. The Bertz CT molecular complexity index is 936. The molecule has 0 fully saturated rings. The van der Waals surface area contributed by atoms with Gasteiger partial charge in [0, 0.05) is 23.9 Å². The van der Waals surface area contributed by atoms with Crippen LogP contribution in [0.25, 0.3) is 28.2 Å². The van der Waals surface area contributed by atoms with Crippen LogP contribution in [0.4, 0.5) is 0 Å². The molecule has 20 heavy (non-hydrogen) atoms. The van der Waals surface area contributed by atoms with Gasteiger partial charge in [0.05, 0.1) is 11.0 Å². The Labute approximate surface area is 123 Å². The average Bonchev–Trinajstić information content (AvgIpc) is 3.00. The number of imidazole rings is 2. The summed E-state index contributed by atoms with van der Waals surface area (Å²) in [4.78, 5) is 9.31. The Morgan fingerprint density at radius 2 is 1.85 bits per heavy atom. The van der Waals surface area contributed by atoms with E-state index in [2.05, 4.69) is 36.5 Å². The predicted octanol–water partition coefficient (Wildman–Crippen LogP) is 3.65. The molecule has 0 N–H and O–H groups in total. The molecule has 4 rings (SSSR count). The van der Waals surface area contributed by atoms with Crippen LogP contribution in [0, 0.1) is 0 Å². The number of para-hydroxylation sites is 2. The van der Waals surface area contributed by atoms with Crippen molar-refractivity contribution in [2.24, 2.45) is 7.05 Å². The van der Waals surface area contributed by atoms with Crippen molar-refractivity contribution in [3.8, 4) is 11.5 Å². The molecule has 98 valence electrons. The Balaban J connectivity index is 1.98. The zero-order chi connectivity index (χ0) is 13.7. The van der Waals surface area contributed by atoms with Crippen molar-refractivity contribution in [1.82, 2.24) is 18.9 Å². The Hall–Kier alpha value is -2.14. The van der Waals surface area contributed by atoms with E-state index in [9.17, 15) is 0 Å². The summed E-state index contributed by atoms with van der Waals surface area (Å²) in [5.74, 6) is 0.881. The molecule has 0 bridgehead atoms. The van der Waals surface area contributed by atoms with Crippen LogP contribution in [-0.2, 0) is 7.05 Å². The molecule has 5 heteroatoms. The zero-order valence-electron chi connectivity index (χ0n) is 10.8. The van der Waals surface area contributed by atoms with Crippen LogP contribution >= 0.6 is 15.9 Å². The number of rotatable bonds is 1. The van der Waals surface area contributed by atoms with Gasteiger partial charge >= 0.3 is 0 Å². The first-order chi connectivity index (χ1) is 9.72. The van der Waals surface area contributed by atoms with Crippen LogP contribution in [0.15, 0.2) is 53.3 Å². The quantitative estimate of drug-likeness (QED) is 0.535. The zero-order valence-corrected chi connectivity index (χ0v) is 12.4. The molecule has 0 saturated heterocycles. The van der Waals surface area contributed by atoms with Gasteiger partial charge in [0.15, 0.2) is 5.82 Å². The molecule has 0 aliphatic heterocycles. The molecule has 0 unspecified atom stereocenters. The summed E-state index contributed by atoms with van der Waals surface area (Å²) in [5.41, 5.74) is 3.89. The van der Waals surface area contributed by atoms with E-state index in [-0.39, 0.29) is 0 Å². The maximum absolute atomic E-state index is 4.68. The lowest BCUT2D eigenvalue weighted by Gasteiger charge is -1.97. The van der Waals surface area contributed by atoms with E-state index in [4.69, 9.17) is 0 Å². The second-order valence-corrected chi connectivity index (χ2v) is 5.64. The van der Waals surface area contributed by atoms with Gasteiger partial charge in [0.1, 0.15) is 11.3 Å². The van der Waals surface area contributed by atoms with E-state index in [0.717, 1.165) is 32.7 Å². The van der Waals surface area contributed by atoms with Crippen LogP contribution in [0.5, 0.6) is 0 Å². The molecule has 4 nitrogen and oxygen atoms in total. The number of aryl methyl sites for hydroxylation is 1. The fourth-order valence-electron chi connectivity index (χ4n) is 2.45. The number of benzene rings is 1. The van der Waals surface area contributed by atoms with E-state index in [0.29, 0.717) is 0 Å². The summed E-state index contributed by atoms with van der Waals surface area (Å²) in [6.45, 7) is 0. The van der Waals surface area contributed by atoms with Gasteiger partial charge < -0.3 is 8.97 Å². The highest BCUT2D eigenvalue weighted by Crippen LogP contribution is 2.23. The minimum absolute atomic E-state index is 0.877. The van der Waals surface area contributed by atoms with Gasteiger partial charge in [-0.05, 0) is 40.2 Å². The molecule has 0 radical (unpaired) electrons. The van der Waals surface area contributed by atoms with Crippen molar-refractivity contribution in [1.29, 1.82) is 0 Å². The van der Waals surface area contributed by atoms with Crippen LogP contribution in [0.1, 0.15) is 0 Å². The smallest absolute Gasteiger partial charge is 0.161 e. The number of hydrogen-bond donors (Lipinski definition) is 0. The van der Waals surface area contributed by atoms with Crippen molar-refractivity contribution in [3.63, 3.8) is 0 Å². The SMILES string of the molecule is Cn1c(-c2cn3cc(Br)ccc3n2)nc2ccccc21. The van der Waals surface area contributed by atoms with Crippen molar-refractivity contribution >= 4 is 32.6 Å². The van der Waals surface area contributed by atoms with Gasteiger partial charge in [-0.2, -0.15) is 0 Å². The molecular weight excluding hydrogens is 316 g/mol. The molecule has 0 amide bonds. The average molecular weight is 327 g/mol. The summed E-state index contributed by atoms with van der Waals surface area (Å²) < 4.78 is 5.10. The Morgan fingerprint density at radius 3 is 2.70 bits per heavy atom. The summed E-state index contributed by atoms with van der Waals surface area (Å²) in [6, 6.07) is 12.1. The summed E-state index contributed by atoms with van der Waals surface area (Å²) in [5, 5.41) is 0. The molecule has 0 aliphatic rings. The van der Waals surface area contributed by atoms with Gasteiger partial charge in [-0.15, -0.1) is 0 Å². The maximum Gasteiger partial charge on any atom is 0.161 e. The number of fused-ring (bicyclic) bond motifs is 2. The molecule has 3 heterocycles. The highest BCUT2D eigenvalue weighted by Gasteiger charge is 2.12. The standard InChI is InChI=1S/C15H11BrN4/c1-19-13-5-3-2-4-11(13)18-15(19)12-9-20-8-10(16)6-7-14(20)17-12/h2-9H,1H3. The monoisotopic (exact) mass is 326 g/mol. The van der Waals surface area contributed by atoms with Gasteiger partial charge in [-0.1, -0.05) is 12.1 Å². The highest BCUT2D eigenvalue weighted by atomic mass is 79.9. The fourth-order valence-corrected chi connectivity index (χ4v) is 2.80. The van der Waals surface area contributed by atoms with E-state index in [1.807, 2.05) is 54.2 Å². The molecule has 0 atom stereocenters. The highest BCUT2D eigenvalue weighted by molar-refractivity contribution is 9.10. The number of pyridine rings is 1. The third-order valence-corrected chi connectivity index (χ3v) is 3.90. The van der Waals surface area contributed by atoms with Crippen molar-refractivity contribution in [3.05, 3.63) is 53.3 Å². The first-order valence-electron chi connectivity index (χ1n) is 6.28. The van der Waals surface area contributed by atoms with Gasteiger partial charge in [0.25, 0.3) is 0 Å². The Morgan fingerprint density at radius 1 is 1.00 bits per heavy atom. The lowest BCUT2D eigenvalue weighted by atomic mass is 10.3. The van der Waals surface area contributed by atoms with Crippen LogP contribution in [-0.4, -0.2) is 18.9 Å². The van der Waals surface area contributed by atoms with Crippen LogP contribution < -0.4 is 0 Å². The first kappa shape index (κ1) is 11.7. The van der Waals surface area contributed by atoms with Crippen LogP contribution in [0.2, 0.25) is 0 Å². The number of aromatic nitrogens is 4. The minimum Gasteiger partial charge on any atom is -0.326 e. The third-order valence-electron chi connectivity index (χ3n) is 3.43. The van der Waals surface area contributed by atoms with Gasteiger partial charge in [0.2, 0.25) is 0 Å². The molecule has 3 aromatic heterocycles. The fraction of sp³-hybridized carbons (Fsp3) is 0.0667. The number of halogens is 1. The normalized spacial score (nSPS) is 11.5. The van der Waals surface area contributed by atoms with Gasteiger partial charge in [-0.3, -0.25) is 0 Å². The molecule has 0 saturated carbocycles. The summed E-state index contributed by atoms with van der Waals surface area (Å²) >= 11 is 3.47. The lowest BCUT2D eigenvalue weighted by Crippen LogP contribution is -1.92. The van der Waals surface area contributed by atoms with E-state index in [1.165, 1.54) is 0 Å². The summed E-state index contributed by atoms with van der Waals surface area (Å²) in [6.07, 6.45) is 4.00. The minimum atomic E-state index is 0.877. The number of hydrogen-bond acceptors (Lipinski definition) is 2. The third kappa shape index (κ3) is 1.67. The van der Waals surface area contributed by atoms with E-state index >= 15 is 0 Å². The maximum atomic E-state index is 4.68. The predicted molar refractivity (Wildman–Crippen MR) is 82.6 cm³/mol. The van der Waals surface area contributed by atoms with Gasteiger partial charge in [-0.25, -0.2) is 9.97 Å².